The summed E-state index contributed by atoms with van der Waals surface area (Å²) >= 11 is 6.31. The molecule has 2 aromatic carbocycles. The van der Waals surface area contributed by atoms with Gasteiger partial charge in [0.1, 0.15) is 17.3 Å². The van der Waals surface area contributed by atoms with Crippen LogP contribution in [0.1, 0.15) is 30.5 Å². The number of carbonyl (C=O) groups excluding carboxylic acids is 2. The van der Waals surface area contributed by atoms with E-state index in [1.807, 2.05) is 38.1 Å². The molecule has 0 aliphatic carbocycles. The molecule has 1 saturated heterocycles. The average molecular weight is 473 g/mol. The number of aliphatic hydroxyl groups excluding tert-OH is 1. The molecule has 8 heteroatoms. The molecule has 7 nitrogen and oxygen atoms in total. The van der Waals surface area contributed by atoms with Gasteiger partial charge >= 0.3 is 0 Å². The van der Waals surface area contributed by atoms with Gasteiger partial charge in [-0.2, -0.15) is 0 Å². The number of halogens is 1. The van der Waals surface area contributed by atoms with Crippen LogP contribution in [0.2, 0.25) is 5.02 Å². The molecule has 1 atom stereocenters. The lowest BCUT2D eigenvalue weighted by Gasteiger charge is -2.27. The maximum absolute atomic E-state index is 13.1. The second-order valence-electron chi connectivity index (χ2n) is 7.97. The van der Waals surface area contributed by atoms with Crippen LogP contribution in [0.4, 0.5) is 0 Å². The van der Waals surface area contributed by atoms with Gasteiger partial charge in [0.05, 0.1) is 30.4 Å². The molecule has 0 spiro atoms. The van der Waals surface area contributed by atoms with Gasteiger partial charge in [0.2, 0.25) is 0 Å². The van der Waals surface area contributed by atoms with Crippen molar-refractivity contribution in [2.24, 2.45) is 0 Å². The average Bonchev–Trinajstić information content (AvgIpc) is 3.04. The minimum atomic E-state index is -0.784. The van der Waals surface area contributed by atoms with E-state index in [2.05, 4.69) is 0 Å². The number of carbonyl (C=O) groups is 2. The number of aliphatic hydroxyl groups is 1. The number of amides is 1. The van der Waals surface area contributed by atoms with Gasteiger partial charge in [-0.3, -0.25) is 9.59 Å². The maximum atomic E-state index is 13.1. The molecular formula is C25H29ClN2O5. The number of Topliss-reactive ketones (excluding diaryl/α,β-unsaturated/α-hetero) is 1. The summed E-state index contributed by atoms with van der Waals surface area (Å²) in [6.07, 6.45) is 0.667. The molecule has 1 N–H and O–H groups in total. The fraction of sp³-hybridized carbons (Fsp3) is 0.360. The number of hydrogen-bond acceptors (Lipinski definition) is 6. The minimum absolute atomic E-state index is 0.00887. The van der Waals surface area contributed by atoms with E-state index < -0.39 is 17.7 Å². The zero-order valence-corrected chi connectivity index (χ0v) is 20.1. The molecule has 0 radical (unpaired) electrons. The van der Waals surface area contributed by atoms with Crippen molar-refractivity contribution in [1.29, 1.82) is 0 Å². The Labute approximate surface area is 199 Å². The normalized spacial score (nSPS) is 17.6. The van der Waals surface area contributed by atoms with Gasteiger partial charge in [-0.05, 0) is 58.3 Å². The summed E-state index contributed by atoms with van der Waals surface area (Å²) in [5, 5.41) is 11.5. The van der Waals surface area contributed by atoms with Gasteiger partial charge in [0.15, 0.2) is 0 Å². The molecule has 33 heavy (non-hydrogen) atoms. The Morgan fingerprint density at radius 2 is 1.88 bits per heavy atom. The molecule has 0 bridgehead atoms. The summed E-state index contributed by atoms with van der Waals surface area (Å²) in [6.45, 7) is 3.38. The van der Waals surface area contributed by atoms with Crippen molar-refractivity contribution in [3.8, 4) is 11.5 Å². The van der Waals surface area contributed by atoms with E-state index in [9.17, 15) is 14.7 Å². The lowest BCUT2D eigenvalue weighted by atomic mass is 9.94. The number of para-hydroxylation sites is 1. The molecule has 0 aromatic heterocycles. The Balaban J connectivity index is 2.13. The third-order valence-electron chi connectivity index (χ3n) is 5.48. The zero-order chi connectivity index (χ0) is 24.1. The first-order valence-corrected chi connectivity index (χ1v) is 11.2. The number of nitrogens with zero attached hydrogens (tertiary/aromatic N) is 2. The number of hydrogen-bond donors (Lipinski definition) is 1. The smallest absolute Gasteiger partial charge is 0.295 e. The van der Waals surface area contributed by atoms with E-state index in [1.54, 1.807) is 24.3 Å². The maximum Gasteiger partial charge on any atom is 0.295 e. The van der Waals surface area contributed by atoms with Crippen LogP contribution in [-0.4, -0.2) is 67.5 Å². The summed E-state index contributed by atoms with van der Waals surface area (Å²) in [5.74, 6) is -0.676. The number of methoxy groups -OCH3 is 1. The SMILES string of the molecule is CCOc1ccc(/C(O)=C2\C(=O)C(=O)N(CCCN(C)C)[C@@H]2c2ccccc2OC)cc1Cl. The van der Waals surface area contributed by atoms with Gasteiger partial charge < -0.3 is 24.4 Å². The predicted octanol–water partition coefficient (Wildman–Crippen LogP) is 4.12. The topological polar surface area (TPSA) is 79.3 Å². The van der Waals surface area contributed by atoms with E-state index in [0.29, 0.717) is 47.2 Å². The largest absolute Gasteiger partial charge is 0.507 e. The molecule has 1 fully saturated rings. The van der Waals surface area contributed by atoms with Crippen molar-refractivity contribution in [3.05, 3.63) is 64.2 Å². The Kier molecular flexibility index (Phi) is 8.00. The van der Waals surface area contributed by atoms with Gasteiger partial charge in [-0.15, -0.1) is 0 Å². The monoisotopic (exact) mass is 472 g/mol. The molecule has 2 aromatic rings. The summed E-state index contributed by atoms with van der Waals surface area (Å²) < 4.78 is 11.0. The number of ether oxygens (including phenoxy) is 2. The highest BCUT2D eigenvalue weighted by atomic mass is 35.5. The highest BCUT2D eigenvalue weighted by Gasteiger charge is 2.46. The minimum Gasteiger partial charge on any atom is -0.507 e. The first-order valence-electron chi connectivity index (χ1n) is 10.8. The Morgan fingerprint density at radius 3 is 2.52 bits per heavy atom. The Hall–Kier alpha value is -3.03. The van der Waals surface area contributed by atoms with Gasteiger partial charge in [-0.1, -0.05) is 29.8 Å². The van der Waals surface area contributed by atoms with E-state index in [-0.39, 0.29) is 11.3 Å². The summed E-state index contributed by atoms with van der Waals surface area (Å²) in [4.78, 5) is 29.7. The standard InChI is InChI=1S/C25H29ClN2O5/c1-5-33-20-12-11-16(15-18(20)26)23(29)21-22(17-9-6-7-10-19(17)32-4)28(25(31)24(21)30)14-8-13-27(2)3/h6-7,9-12,15,22,29H,5,8,13-14H2,1-4H3/b23-21+/t22-/m1/s1. The van der Waals surface area contributed by atoms with Crippen molar-refractivity contribution < 1.29 is 24.2 Å². The van der Waals surface area contributed by atoms with E-state index >= 15 is 0 Å². The van der Waals surface area contributed by atoms with Crippen LogP contribution in [0, 0.1) is 0 Å². The van der Waals surface area contributed by atoms with Crippen LogP contribution in [0.15, 0.2) is 48.0 Å². The molecule has 3 rings (SSSR count). The van der Waals surface area contributed by atoms with Gasteiger partial charge in [0, 0.05) is 17.7 Å². The number of likely N-dealkylation sites (tertiary alicyclic amines) is 1. The fourth-order valence-electron chi connectivity index (χ4n) is 3.96. The van der Waals surface area contributed by atoms with Crippen LogP contribution >= 0.6 is 11.6 Å². The molecule has 0 saturated carbocycles. The second kappa shape index (κ2) is 10.7. The van der Waals surface area contributed by atoms with Crippen molar-refractivity contribution in [3.63, 3.8) is 0 Å². The van der Waals surface area contributed by atoms with Crippen molar-refractivity contribution in [2.45, 2.75) is 19.4 Å². The quantitative estimate of drug-likeness (QED) is 0.336. The summed E-state index contributed by atoms with van der Waals surface area (Å²) in [6, 6.07) is 11.2. The highest BCUT2D eigenvalue weighted by molar-refractivity contribution is 6.46. The number of rotatable bonds is 9. The predicted molar refractivity (Wildman–Crippen MR) is 128 cm³/mol. The molecule has 0 unspecified atom stereocenters. The zero-order valence-electron chi connectivity index (χ0n) is 19.3. The van der Waals surface area contributed by atoms with E-state index in [1.165, 1.54) is 18.1 Å². The lowest BCUT2D eigenvalue weighted by molar-refractivity contribution is -0.140. The highest BCUT2D eigenvalue weighted by Crippen LogP contribution is 2.43. The Bertz CT molecular complexity index is 1070. The molecule has 1 heterocycles. The van der Waals surface area contributed by atoms with Crippen LogP contribution in [0.5, 0.6) is 11.5 Å². The molecule has 1 aliphatic heterocycles. The van der Waals surface area contributed by atoms with Crippen molar-refractivity contribution in [1.82, 2.24) is 9.80 Å². The van der Waals surface area contributed by atoms with E-state index in [0.717, 1.165) is 6.54 Å². The van der Waals surface area contributed by atoms with Gasteiger partial charge in [-0.25, -0.2) is 0 Å². The third kappa shape index (κ3) is 5.15. The first-order chi connectivity index (χ1) is 15.8. The van der Waals surface area contributed by atoms with Crippen LogP contribution in [-0.2, 0) is 9.59 Å². The Morgan fingerprint density at radius 1 is 1.15 bits per heavy atom. The number of ketones is 1. The fourth-order valence-corrected chi connectivity index (χ4v) is 4.19. The molecular weight excluding hydrogens is 444 g/mol. The van der Waals surface area contributed by atoms with Gasteiger partial charge in [0.25, 0.3) is 11.7 Å². The van der Waals surface area contributed by atoms with Crippen molar-refractivity contribution in [2.75, 3.05) is 40.9 Å². The van der Waals surface area contributed by atoms with Crippen LogP contribution in [0.25, 0.3) is 5.76 Å². The third-order valence-corrected chi connectivity index (χ3v) is 5.78. The first kappa shape index (κ1) is 24.6. The number of benzene rings is 2. The lowest BCUT2D eigenvalue weighted by Crippen LogP contribution is -2.32. The van der Waals surface area contributed by atoms with Crippen LogP contribution in [0.3, 0.4) is 0 Å². The summed E-state index contributed by atoms with van der Waals surface area (Å²) in [5.41, 5.74) is 0.965. The molecule has 1 aliphatic rings. The summed E-state index contributed by atoms with van der Waals surface area (Å²) in [7, 11) is 5.42. The van der Waals surface area contributed by atoms with Crippen LogP contribution < -0.4 is 9.47 Å². The van der Waals surface area contributed by atoms with E-state index in [4.69, 9.17) is 21.1 Å². The molecule has 1 amide bonds. The van der Waals surface area contributed by atoms with Crippen molar-refractivity contribution >= 4 is 29.1 Å². The molecule has 176 valence electrons. The second-order valence-corrected chi connectivity index (χ2v) is 8.38.